The lowest BCUT2D eigenvalue weighted by atomic mass is 9.95. The fraction of sp³-hybridized carbons (Fsp3) is 0.0968. The lowest BCUT2D eigenvalue weighted by Crippen LogP contribution is -1.92. The summed E-state index contributed by atoms with van der Waals surface area (Å²) in [5.41, 5.74) is 11.3. The second-order valence-corrected chi connectivity index (χ2v) is 9.12. The predicted octanol–water partition coefficient (Wildman–Crippen LogP) is 8.92. The summed E-state index contributed by atoms with van der Waals surface area (Å²) in [7, 11) is 0. The molecular formula is C31H24Cl2. The minimum atomic E-state index is 0.573. The summed E-state index contributed by atoms with van der Waals surface area (Å²) in [5, 5.41) is 0.745. The molecule has 0 amide bonds. The molecule has 162 valence electrons. The second kappa shape index (κ2) is 9.83. The fourth-order valence-corrected chi connectivity index (χ4v) is 4.93. The molecule has 0 heterocycles. The molecule has 33 heavy (non-hydrogen) atoms. The topological polar surface area (TPSA) is 0 Å². The molecule has 1 aliphatic carbocycles. The second-order valence-electron chi connectivity index (χ2n) is 8.31. The Morgan fingerprint density at radius 1 is 0.667 bits per heavy atom. The molecule has 0 N–H and O–H groups in total. The van der Waals surface area contributed by atoms with Crippen LogP contribution >= 0.6 is 23.2 Å². The molecule has 0 atom stereocenters. The molecule has 0 nitrogen and oxygen atoms in total. The van der Waals surface area contributed by atoms with E-state index in [4.69, 9.17) is 23.2 Å². The van der Waals surface area contributed by atoms with E-state index in [1.165, 1.54) is 50.1 Å². The minimum absolute atomic E-state index is 0.573. The van der Waals surface area contributed by atoms with Crippen LogP contribution in [0.1, 0.15) is 39.8 Å². The van der Waals surface area contributed by atoms with Crippen molar-refractivity contribution in [2.75, 3.05) is 5.88 Å². The average molecular weight is 467 g/mol. The van der Waals surface area contributed by atoms with E-state index in [-0.39, 0.29) is 0 Å². The quantitative estimate of drug-likeness (QED) is 0.248. The van der Waals surface area contributed by atoms with Gasteiger partial charge in [-0.1, -0.05) is 103 Å². The van der Waals surface area contributed by atoms with Gasteiger partial charge >= 0.3 is 0 Å². The molecule has 4 aromatic carbocycles. The van der Waals surface area contributed by atoms with E-state index >= 15 is 0 Å². The molecule has 0 aromatic heterocycles. The monoisotopic (exact) mass is 466 g/mol. The highest BCUT2D eigenvalue weighted by Gasteiger charge is 2.27. The molecule has 4 aromatic rings. The number of alkyl halides is 1. The van der Waals surface area contributed by atoms with E-state index in [2.05, 4.69) is 97.1 Å². The summed E-state index contributed by atoms with van der Waals surface area (Å²) in [6.07, 6.45) is 4.02. The Hall–Kier alpha value is -3.06. The molecule has 0 bridgehead atoms. The van der Waals surface area contributed by atoms with Crippen LogP contribution in [0, 0.1) is 0 Å². The molecule has 0 unspecified atom stereocenters. The van der Waals surface area contributed by atoms with E-state index in [1.54, 1.807) is 0 Å². The number of halogens is 2. The minimum Gasteiger partial charge on any atom is -0.126 e. The molecule has 0 fully saturated rings. The molecule has 0 aliphatic heterocycles. The van der Waals surface area contributed by atoms with Crippen molar-refractivity contribution in [1.82, 2.24) is 0 Å². The first kappa shape index (κ1) is 21.8. The van der Waals surface area contributed by atoms with Gasteiger partial charge in [0.1, 0.15) is 0 Å². The van der Waals surface area contributed by atoms with Gasteiger partial charge in [-0.25, -0.2) is 0 Å². The summed E-state index contributed by atoms with van der Waals surface area (Å²) in [6.45, 7) is 0. The van der Waals surface area contributed by atoms with E-state index < -0.39 is 0 Å². The van der Waals surface area contributed by atoms with Crippen molar-refractivity contribution in [2.45, 2.75) is 12.8 Å². The first-order valence-electron chi connectivity index (χ1n) is 11.2. The van der Waals surface area contributed by atoms with Crippen LogP contribution in [0.2, 0.25) is 5.02 Å². The third kappa shape index (κ3) is 4.69. The highest BCUT2D eigenvalue weighted by Crippen LogP contribution is 2.47. The van der Waals surface area contributed by atoms with Gasteiger partial charge in [-0.2, -0.15) is 0 Å². The van der Waals surface area contributed by atoms with Crippen LogP contribution in [0.3, 0.4) is 0 Å². The van der Waals surface area contributed by atoms with Gasteiger partial charge in [-0.3, -0.25) is 0 Å². The van der Waals surface area contributed by atoms with Gasteiger partial charge in [0.15, 0.2) is 0 Å². The highest BCUT2D eigenvalue weighted by atomic mass is 35.5. The van der Waals surface area contributed by atoms with E-state index in [1.807, 2.05) is 12.1 Å². The van der Waals surface area contributed by atoms with E-state index in [9.17, 15) is 0 Å². The van der Waals surface area contributed by atoms with E-state index in [0.29, 0.717) is 5.88 Å². The SMILES string of the molecule is ClCCC1=C(c2ccc(Cl)cc2)c2ccc(Cc3ccccc3)cc2/C1=C/c1ccccc1. The molecule has 0 radical (unpaired) electrons. The lowest BCUT2D eigenvalue weighted by molar-refractivity contribution is 1.18. The molecule has 1 aliphatic rings. The molecular weight excluding hydrogens is 443 g/mol. The summed E-state index contributed by atoms with van der Waals surface area (Å²) < 4.78 is 0. The van der Waals surface area contributed by atoms with Crippen LogP contribution < -0.4 is 0 Å². The van der Waals surface area contributed by atoms with Crippen LogP contribution in [-0.4, -0.2) is 5.88 Å². The van der Waals surface area contributed by atoms with Crippen molar-refractivity contribution >= 4 is 40.4 Å². The number of benzene rings is 4. The standard InChI is InChI=1S/C31H24Cl2/c32-18-17-28-29(20-23-9-5-2-6-10-23)30-21-24(19-22-7-3-1-4-8-22)11-16-27(30)31(28)25-12-14-26(33)15-13-25/h1-16,20-21H,17-19H2/b29-20+. The van der Waals surface area contributed by atoms with Gasteiger partial charge in [-0.05, 0) is 81.2 Å². The summed E-state index contributed by atoms with van der Waals surface area (Å²) in [4.78, 5) is 0. The van der Waals surface area contributed by atoms with Gasteiger partial charge in [0, 0.05) is 10.9 Å². The Balaban J connectivity index is 1.68. The van der Waals surface area contributed by atoms with Crippen molar-refractivity contribution in [3.05, 3.63) is 147 Å². The Labute approximate surface area is 205 Å². The maximum absolute atomic E-state index is 6.33. The van der Waals surface area contributed by atoms with E-state index in [0.717, 1.165) is 17.9 Å². The third-order valence-corrected chi connectivity index (χ3v) is 6.55. The molecule has 0 spiro atoms. The predicted molar refractivity (Wildman–Crippen MR) is 143 cm³/mol. The summed E-state index contributed by atoms with van der Waals surface area (Å²) >= 11 is 12.5. The Kier molecular flexibility index (Phi) is 6.48. The zero-order valence-corrected chi connectivity index (χ0v) is 19.8. The zero-order valence-electron chi connectivity index (χ0n) is 18.3. The van der Waals surface area contributed by atoms with Gasteiger partial charge < -0.3 is 0 Å². The fourth-order valence-electron chi connectivity index (χ4n) is 4.61. The number of hydrogen-bond acceptors (Lipinski definition) is 0. The van der Waals surface area contributed by atoms with Crippen LogP contribution in [0.25, 0.3) is 17.2 Å². The van der Waals surface area contributed by atoms with Crippen LogP contribution in [0.5, 0.6) is 0 Å². The molecule has 0 saturated carbocycles. The number of allylic oxidation sites excluding steroid dienone is 2. The van der Waals surface area contributed by atoms with Gasteiger partial charge in [0.25, 0.3) is 0 Å². The number of fused-ring (bicyclic) bond motifs is 1. The van der Waals surface area contributed by atoms with Gasteiger partial charge in [0.05, 0.1) is 0 Å². The molecule has 2 heteroatoms. The summed E-state index contributed by atoms with van der Waals surface area (Å²) in [6, 6.07) is 36.2. The Morgan fingerprint density at radius 2 is 1.36 bits per heavy atom. The Bertz CT molecular complexity index is 1310. The third-order valence-electron chi connectivity index (χ3n) is 6.11. The average Bonchev–Trinajstić information content (AvgIpc) is 3.14. The molecule has 5 rings (SSSR count). The van der Waals surface area contributed by atoms with Crippen molar-refractivity contribution in [3.8, 4) is 0 Å². The van der Waals surface area contributed by atoms with Crippen LogP contribution in [0.15, 0.2) is 109 Å². The lowest BCUT2D eigenvalue weighted by Gasteiger charge is -2.10. The number of hydrogen-bond donors (Lipinski definition) is 0. The largest absolute Gasteiger partial charge is 0.126 e. The maximum Gasteiger partial charge on any atom is 0.0406 e. The smallest absolute Gasteiger partial charge is 0.0406 e. The first-order valence-corrected chi connectivity index (χ1v) is 12.1. The summed E-state index contributed by atoms with van der Waals surface area (Å²) in [5.74, 6) is 0.573. The van der Waals surface area contributed by atoms with Crippen LogP contribution in [0.4, 0.5) is 0 Å². The molecule has 0 saturated heterocycles. The zero-order chi connectivity index (χ0) is 22.6. The first-order chi connectivity index (χ1) is 16.2. The highest BCUT2D eigenvalue weighted by molar-refractivity contribution is 6.30. The number of rotatable bonds is 6. The van der Waals surface area contributed by atoms with Crippen molar-refractivity contribution in [2.24, 2.45) is 0 Å². The van der Waals surface area contributed by atoms with Crippen LogP contribution in [-0.2, 0) is 6.42 Å². The van der Waals surface area contributed by atoms with Gasteiger partial charge in [-0.15, -0.1) is 11.6 Å². The van der Waals surface area contributed by atoms with Crippen molar-refractivity contribution in [3.63, 3.8) is 0 Å². The normalized spacial score (nSPS) is 14.1. The Morgan fingerprint density at radius 3 is 2.06 bits per heavy atom. The van der Waals surface area contributed by atoms with Crippen molar-refractivity contribution < 1.29 is 0 Å². The van der Waals surface area contributed by atoms with Crippen molar-refractivity contribution in [1.29, 1.82) is 0 Å². The van der Waals surface area contributed by atoms with Gasteiger partial charge in [0.2, 0.25) is 0 Å². The maximum atomic E-state index is 6.33.